The average Bonchev–Trinajstić information content (AvgIpc) is 2.47. The number of benzene rings is 2. The minimum atomic E-state index is -3.80. The summed E-state index contributed by atoms with van der Waals surface area (Å²) in [4.78, 5) is 11.8. The molecule has 9 heteroatoms. The predicted octanol–water partition coefficient (Wildman–Crippen LogP) is 2.98. The van der Waals surface area contributed by atoms with Crippen molar-refractivity contribution in [3.05, 3.63) is 59.9 Å². The van der Waals surface area contributed by atoms with Gasteiger partial charge in [0.15, 0.2) is 9.84 Å². The molecule has 25 heavy (non-hydrogen) atoms. The Balaban J connectivity index is 1.94. The van der Waals surface area contributed by atoms with Gasteiger partial charge in [-0.3, -0.25) is 4.79 Å². The summed E-state index contributed by atoms with van der Waals surface area (Å²) in [7, 11) is -3.80. The van der Waals surface area contributed by atoms with Crippen LogP contribution in [0.2, 0.25) is 0 Å². The van der Waals surface area contributed by atoms with Crippen LogP contribution in [-0.4, -0.2) is 26.7 Å². The second-order valence-electron chi connectivity index (χ2n) is 5.11. The molecular weight excluding hydrogens is 359 g/mol. The summed E-state index contributed by atoms with van der Waals surface area (Å²) in [6.45, 7) is -2.96. The second-order valence-corrected chi connectivity index (χ2v) is 7.18. The first-order valence-corrected chi connectivity index (χ1v) is 8.85. The molecule has 0 aliphatic rings. The highest BCUT2D eigenvalue weighted by molar-refractivity contribution is 7.91. The van der Waals surface area contributed by atoms with E-state index in [1.54, 1.807) is 0 Å². The topological polar surface area (TPSA) is 72.5 Å². The summed E-state index contributed by atoms with van der Waals surface area (Å²) >= 11 is 0. The van der Waals surface area contributed by atoms with Crippen LogP contribution in [0.4, 0.5) is 18.9 Å². The van der Waals surface area contributed by atoms with Crippen LogP contribution >= 0.6 is 0 Å². The van der Waals surface area contributed by atoms with E-state index in [9.17, 15) is 26.4 Å². The van der Waals surface area contributed by atoms with E-state index in [1.165, 1.54) is 42.5 Å². The molecule has 0 aliphatic carbocycles. The molecule has 1 N–H and O–H groups in total. The fourth-order valence-corrected chi connectivity index (χ4v) is 3.31. The van der Waals surface area contributed by atoms with Gasteiger partial charge in [-0.05, 0) is 42.0 Å². The van der Waals surface area contributed by atoms with E-state index in [1.807, 2.05) is 0 Å². The normalized spacial score (nSPS) is 11.4. The highest BCUT2D eigenvalue weighted by Crippen LogP contribution is 2.18. The fraction of sp³-hybridized carbons (Fsp3) is 0.188. The van der Waals surface area contributed by atoms with E-state index in [0.29, 0.717) is 0 Å². The largest absolute Gasteiger partial charge is 0.435 e. The van der Waals surface area contributed by atoms with Crippen molar-refractivity contribution in [2.24, 2.45) is 0 Å². The molecule has 0 aromatic heterocycles. The quantitative estimate of drug-likeness (QED) is 0.810. The van der Waals surface area contributed by atoms with Gasteiger partial charge in [0.05, 0.1) is 5.75 Å². The molecule has 0 radical (unpaired) electrons. The van der Waals surface area contributed by atoms with Gasteiger partial charge in [0.25, 0.3) is 0 Å². The van der Waals surface area contributed by atoms with Crippen LogP contribution in [0.25, 0.3) is 0 Å². The van der Waals surface area contributed by atoms with Crippen molar-refractivity contribution in [2.75, 3.05) is 11.1 Å². The Bertz CT molecular complexity index is 839. The maximum Gasteiger partial charge on any atom is 0.387 e. The van der Waals surface area contributed by atoms with Gasteiger partial charge in [-0.15, -0.1) is 0 Å². The molecule has 1 amide bonds. The standard InChI is InChI=1S/C16H14F3NO4S/c17-12-3-1-2-11(8-12)9-25(22,23)10-15(21)20-13-4-6-14(7-5-13)24-16(18)19/h1-8,16H,9-10H2,(H,20,21). The Morgan fingerprint density at radius 3 is 2.40 bits per heavy atom. The third-order valence-electron chi connectivity index (χ3n) is 2.99. The number of ether oxygens (including phenoxy) is 1. The lowest BCUT2D eigenvalue weighted by Gasteiger charge is -2.08. The number of nitrogens with one attached hydrogen (secondary N) is 1. The number of anilines is 1. The van der Waals surface area contributed by atoms with E-state index in [0.717, 1.165) is 6.07 Å². The first-order valence-electron chi connectivity index (χ1n) is 7.03. The summed E-state index contributed by atoms with van der Waals surface area (Å²) in [5.74, 6) is -2.72. The van der Waals surface area contributed by atoms with Gasteiger partial charge in [-0.1, -0.05) is 12.1 Å². The highest BCUT2D eigenvalue weighted by atomic mass is 32.2. The maximum absolute atomic E-state index is 13.1. The zero-order valence-electron chi connectivity index (χ0n) is 12.8. The minimum Gasteiger partial charge on any atom is -0.435 e. The maximum atomic E-state index is 13.1. The lowest BCUT2D eigenvalue weighted by molar-refractivity contribution is -0.113. The molecule has 2 aromatic rings. The van der Waals surface area contributed by atoms with Gasteiger partial charge in [-0.2, -0.15) is 8.78 Å². The molecule has 5 nitrogen and oxygen atoms in total. The van der Waals surface area contributed by atoms with Crippen molar-refractivity contribution in [2.45, 2.75) is 12.4 Å². The smallest absolute Gasteiger partial charge is 0.387 e. The van der Waals surface area contributed by atoms with Gasteiger partial charge in [0, 0.05) is 5.69 Å². The molecule has 134 valence electrons. The molecule has 0 aliphatic heterocycles. The number of halogens is 3. The van der Waals surface area contributed by atoms with Gasteiger partial charge < -0.3 is 10.1 Å². The van der Waals surface area contributed by atoms with Crippen LogP contribution in [0.1, 0.15) is 5.56 Å². The van der Waals surface area contributed by atoms with E-state index in [-0.39, 0.29) is 17.0 Å². The number of hydrogen-bond acceptors (Lipinski definition) is 4. The lowest BCUT2D eigenvalue weighted by atomic mass is 10.2. The van der Waals surface area contributed by atoms with Gasteiger partial charge in [0.1, 0.15) is 17.3 Å². The third-order valence-corrected chi connectivity index (χ3v) is 4.47. The van der Waals surface area contributed by atoms with Crippen LogP contribution in [0.5, 0.6) is 5.75 Å². The number of alkyl halides is 2. The van der Waals surface area contributed by atoms with Crippen molar-refractivity contribution in [1.29, 1.82) is 0 Å². The number of hydrogen-bond donors (Lipinski definition) is 1. The predicted molar refractivity (Wildman–Crippen MR) is 85.6 cm³/mol. The molecule has 0 fully saturated rings. The van der Waals surface area contributed by atoms with Crippen LogP contribution in [0.15, 0.2) is 48.5 Å². The Hall–Kier alpha value is -2.55. The molecule has 0 saturated carbocycles. The first-order chi connectivity index (χ1) is 11.7. The Morgan fingerprint density at radius 1 is 1.12 bits per heavy atom. The summed E-state index contributed by atoms with van der Waals surface area (Å²) in [5.41, 5.74) is 0.467. The van der Waals surface area contributed by atoms with Gasteiger partial charge in [0.2, 0.25) is 5.91 Å². The molecular formula is C16H14F3NO4S. The zero-order chi connectivity index (χ0) is 18.4. The van der Waals surface area contributed by atoms with Gasteiger partial charge >= 0.3 is 6.61 Å². The molecule has 0 atom stereocenters. The first kappa shape index (κ1) is 18.8. The van der Waals surface area contributed by atoms with Crippen molar-refractivity contribution in [3.8, 4) is 5.75 Å². The van der Waals surface area contributed by atoms with E-state index in [4.69, 9.17) is 0 Å². The van der Waals surface area contributed by atoms with Crippen LogP contribution in [0, 0.1) is 5.82 Å². The SMILES string of the molecule is O=C(CS(=O)(=O)Cc1cccc(F)c1)Nc1ccc(OC(F)F)cc1. The number of sulfone groups is 1. The average molecular weight is 373 g/mol. The minimum absolute atomic E-state index is 0.0910. The second kappa shape index (κ2) is 8.02. The van der Waals surface area contributed by atoms with Crippen molar-refractivity contribution in [1.82, 2.24) is 0 Å². The van der Waals surface area contributed by atoms with Crippen LogP contribution < -0.4 is 10.1 Å². The van der Waals surface area contributed by atoms with Crippen molar-refractivity contribution < 1.29 is 31.1 Å². The highest BCUT2D eigenvalue weighted by Gasteiger charge is 2.18. The summed E-state index contributed by atoms with van der Waals surface area (Å²) < 4.78 is 65.3. The fourth-order valence-electron chi connectivity index (χ4n) is 2.05. The van der Waals surface area contributed by atoms with Crippen molar-refractivity contribution in [3.63, 3.8) is 0 Å². The summed E-state index contributed by atoms with van der Waals surface area (Å²) in [5, 5.41) is 2.34. The monoisotopic (exact) mass is 373 g/mol. The summed E-state index contributed by atoms with van der Waals surface area (Å²) in [6.07, 6.45) is 0. The Kier molecular flexibility index (Phi) is 6.02. The lowest BCUT2D eigenvalue weighted by Crippen LogP contribution is -2.24. The Morgan fingerprint density at radius 2 is 1.80 bits per heavy atom. The van der Waals surface area contributed by atoms with Gasteiger partial charge in [-0.25, -0.2) is 12.8 Å². The van der Waals surface area contributed by atoms with E-state index >= 15 is 0 Å². The molecule has 0 spiro atoms. The summed E-state index contributed by atoms with van der Waals surface area (Å²) in [6, 6.07) is 10.1. The van der Waals surface area contributed by atoms with Crippen molar-refractivity contribution >= 4 is 21.4 Å². The van der Waals surface area contributed by atoms with E-state index < -0.39 is 39.7 Å². The van der Waals surface area contributed by atoms with Crippen LogP contribution in [-0.2, 0) is 20.4 Å². The number of rotatable bonds is 7. The molecule has 0 unspecified atom stereocenters. The molecule has 0 saturated heterocycles. The third kappa shape index (κ3) is 6.46. The molecule has 0 bridgehead atoms. The van der Waals surface area contributed by atoms with E-state index in [2.05, 4.69) is 10.1 Å². The Labute approximate surface area is 142 Å². The number of amides is 1. The van der Waals surface area contributed by atoms with Crippen LogP contribution in [0.3, 0.4) is 0 Å². The number of carbonyl (C=O) groups is 1. The number of carbonyl (C=O) groups excluding carboxylic acids is 1. The molecule has 2 aromatic carbocycles. The molecule has 2 rings (SSSR count). The zero-order valence-corrected chi connectivity index (χ0v) is 13.6. The molecule has 0 heterocycles.